The second-order valence-corrected chi connectivity index (χ2v) is 7.35. The zero-order chi connectivity index (χ0) is 18.3. The third-order valence-corrected chi connectivity index (χ3v) is 5.56. The van der Waals surface area contributed by atoms with Gasteiger partial charge in [-0.1, -0.05) is 30.4 Å². The van der Waals surface area contributed by atoms with Gasteiger partial charge in [0.2, 0.25) is 5.03 Å². The molecule has 4 rings (SSSR count). The largest absolute Gasteiger partial charge is 0.363 e. The van der Waals surface area contributed by atoms with Crippen LogP contribution in [-0.4, -0.2) is 23.9 Å². The van der Waals surface area contributed by atoms with E-state index in [0.717, 1.165) is 18.2 Å². The standard InChI is InChI=1S/C16H13N5O3S2/c1-2-7-20-14(22)10-5-3-4-6-11(10)17-16(20)26-12-13(21(23)24)19-8-9-25-15(19)18-12/h3-6,8-9H,2,7H2,1H3. The van der Waals surface area contributed by atoms with Gasteiger partial charge in [0.25, 0.3) is 10.5 Å². The number of benzene rings is 1. The lowest BCUT2D eigenvalue weighted by Crippen LogP contribution is -2.23. The van der Waals surface area contributed by atoms with Crippen molar-refractivity contribution in [3.63, 3.8) is 0 Å². The van der Waals surface area contributed by atoms with Gasteiger partial charge in [0.05, 0.1) is 10.9 Å². The summed E-state index contributed by atoms with van der Waals surface area (Å²) in [7, 11) is 0. The monoisotopic (exact) mass is 387 g/mol. The molecule has 0 unspecified atom stereocenters. The molecule has 0 saturated heterocycles. The third-order valence-electron chi connectivity index (χ3n) is 3.84. The van der Waals surface area contributed by atoms with Crippen molar-refractivity contribution in [2.45, 2.75) is 30.1 Å². The van der Waals surface area contributed by atoms with Crippen LogP contribution in [0.25, 0.3) is 15.9 Å². The van der Waals surface area contributed by atoms with Crippen molar-refractivity contribution in [2.24, 2.45) is 0 Å². The molecule has 4 aromatic rings. The van der Waals surface area contributed by atoms with Gasteiger partial charge in [0.15, 0.2) is 5.16 Å². The van der Waals surface area contributed by atoms with E-state index >= 15 is 0 Å². The van der Waals surface area contributed by atoms with E-state index in [0.29, 0.717) is 27.6 Å². The van der Waals surface area contributed by atoms with Crippen LogP contribution in [-0.2, 0) is 6.54 Å². The Morgan fingerprint density at radius 3 is 2.88 bits per heavy atom. The van der Waals surface area contributed by atoms with Crippen LogP contribution < -0.4 is 5.56 Å². The van der Waals surface area contributed by atoms with Gasteiger partial charge >= 0.3 is 5.82 Å². The molecule has 132 valence electrons. The molecule has 8 nitrogen and oxygen atoms in total. The van der Waals surface area contributed by atoms with E-state index in [2.05, 4.69) is 9.97 Å². The molecule has 1 aromatic carbocycles. The van der Waals surface area contributed by atoms with Crippen LogP contribution in [0.2, 0.25) is 0 Å². The quantitative estimate of drug-likeness (QED) is 0.295. The molecule has 0 fully saturated rings. The van der Waals surface area contributed by atoms with Crippen LogP contribution in [0.5, 0.6) is 0 Å². The summed E-state index contributed by atoms with van der Waals surface area (Å²) >= 11 is 2.37. The Morgan fingerprint density at radius 1 is 1.31 bits per heavy atom. The molecule has 26 heavy (non-hydrogen) atoms. The summed E-state index contributed by atoms with van der Waals surface area (Å²) in [4.78, 5) is 33.3. The molecule has 0 atom stereocenters. The summed E-state index contributed by atoms with van der Waals surface area (Å²) in [5, 5.41) is 14.4. The number of hydrogen-bond donors (Lipinski definition) is 0. The van der Waals surface area contributed by atoms with Gasteiger partial charge < -0.3 is 10.1 Å². The van der Waals surface area contributed by atoms with E-state index in [1.54, 1.807) is 34.3 Å². The highest BCUT2D eigenvalue weighted by molar-refractivity contribution is 7.99. The number of fused-ring (bicyclic) bond motifs is 2. The Hall–Kier alpha value is -2.72. The molecule has 10 heteroatoms. The van der Waals surface area contributed by atoms with Crippen LogP contribution >= 0.6 is 23.1 Å². The fourth-order valence-corrected chi connectivity index (χ4v) is 4.49. The summed E-state index contributed by atoms with van der Waals surface area (Å²) < 4.78 is 3.00. The van der Waals surface area contributed by atoms with Crippen molar-refractivity contribution in [3.8, 4) is 0 Å². The minimum Gasteiger partial charge on any atom is -0.358 e. The number of nitrogens with zero attached hydrogens (tertiary/aromatic N) is 5. The normalized spacial score (nSPS) is 11.4. The number of aromatic nitrogens is 4. The average Bonchev–Trinajstić information content (AvgIpc) is 3.18. The molecule has 0 N–H and O–H groups in total. The predicted molar refractivity (Wildman–Crippen MR) is 100 cm³/mol. The van der Waals surface area contributed by atoms with E-state index in [1.807, 2.05) is 13.0 Å². The lowest BCUT2D eigenvalue weighted by Gasteiger charge is -2.11. The van der Waals surface area contributed by atoms with Crippen molar-refractivity contribution < 1.29 is 4.92 Å². The number of rotatable bonds is 5. The van der Waals surface area contributed by atoms with Crippen molar-refractivity contribution in [3.05, 3.63) is 56.3 Å². The van der Waals surface area contributed by atoms with E-state index in [1.165, 1.54) is 15.7 Å². The molecule has 0 aliphatic carbocycles. The van der Waals surface area contributed by atoms with E-state index < -0.39 is 4.92 Å². The smallest absolute Gasteiger partial charge is 0.358 e. The number of para-hydroxylation sites is 1. The molecule has 0 spiro atoms. The van der Waals surface area contributed by atoms with Crippen molar-refractivity contribution in [2.75, 3.05) is 0 Å². The fraction of sp³-hybridized carbons (Fsp3) is 0.188. The Labute approximate surface area is 155 Å². The molecule has 0 radical (unpaired) electrons. The van der Waals surface area contributed by atoms with Gasteiger partial charge in [-0.25, -0.2) is 4.98 Å². The van der Waals surface area contributed by atoms with Crippen molar-refractivity contribution in [1.29, 1.82) is 0 Å². The Kier molecular flexibility index (Phi) is 4.21. The third kappa shape index (κ3) is 2.67. The molecule has 0 bridgehead atoms. The maximum Gasteiger partial charge on any atom is 0.363 e. The topological polar surface area (TPSA) is 95.3 Å². The van der Waals surface area contributed by atoms with Gasteiger partial charge in [-0.3, -0.25) is 9.36 Å². The first-order valence-electron chi connectivity index (χ1n) is 7.87. The fourth-order valence-electron chi connectivity index (χ4n) is 2.72. The van der Waals surface area contributed by atoms with E-state index in [4.69, 9.17) is 0 Å². The van der Waals surface area contributed by atoms with Crippen LogP contribution in [0.15, 0.2) is 50.8 Å². The first kappa shape index (κ1) is 16.7. The van der Waals surface area contributed by atoms with Gasteiger partial charge in [0, 0.05) is 11.9 Å². The van der Waals surface area contributed by atoms with E-state index in [-0.39, 0.29) is 16.4 Å². The Bertz CT molecular complexity index is 1190. The predicted octanol–water partition coefficient (Wildman–Crippen LogP) is 3.58. The zero-order valence-electron chi connectivity index (χ0n) is 13.7. The number of hydrogen-bond acceptors (Lipinski definition) is 7. The summed E-state index contributed by atoms with van der Waals surface area (Å²) in [6.45, 7) is 2.44. The highest BCUT2D eigenvalue weighted by Crippen LogP contribution is 2.35. The maximum absolute atomic E-state index is 12.8. The van der Waals surface area contributed by atoms with Gasteiger partial charge in [-0.2, -0.15) is 9.38 Å². The second kappa shape index (κ2) is 6.54. The summed E-state index contributed by atoms with van der Waals surface area (Å²) in [6, 6.07) is 7.10. The second-order valence-electron chi connectivity index (χ2n) is 5.52. The molecule has 3 aromatic heterocycles. The number of imidazole rings is 1. The zero-order valence-corrected chi connectivity index (χ0v) is 15.3. The maximum atomic E-state index is 12.8. The molecular weight excluding hydrogens is 374 g/mol. The first-order chi connectivity index (χ1) is 12.6. The molecule has 0 amide bonds. The lowest BCUT2D eigenvalue weighted by atomic mass is 10.2. The Balaban J connectivity index is 1.91. The molecular formula is C16H13N5O3S2. The van der Waals surface area contributed by atoms with Crippen LogP contribution in [0.1, 0.15) is 13.3 Å². The minimum atomic E-state index is -0.460. The molecule has 0 aliphatic rings. The minimum absolute atomic E-state index is 0.114. The SMILES string of the molecule is CCCn1c(Sc2nc3sccn3c2[N+](=O)[O-])nc2ccccc2c1=O. The summed E-state index contributed by atoms with van der Waals surface area (Å²) in [5.74, 6) is -0.114. The highest BCUT2D eigenvalue weighted by Gasteiger charge is 2.26. The van der Waals surface area contributed by atoms with Crippen LogP contribution in [0.3, 0.4) is 0 Å². The van der Waals surface area contributed by atoms with Crippen molar-refractivity contribution >= 4 is 44.8 Å². The van der Waals surface area contributed by atoms with Gasteiger partial charge in [-0.05, 0) is 35.2 Å². The first-order valence-corrected chi connectivity index (χ1v) is 9.57. The van der Waals surface area contributed by atoms with Gasteiger partial charge in [-0.15, -0.1) is 0 Å². The number of nitro groups is 1. The highest BCUT2D eigenvalue weighted by atomic mass is 32.2. The molecule has 0 saturated carbocycles. The summed E-state index contributed by atoms with van der Waals surface area (Å²) in [5.41, 5.74) is 0.416. The van der Waals surface area contributed by atoms with Crippen LogP contribution in [0.4, 0.5) is 5.82 Å². The van der Waals surface area contributed by atoms with Crippen LogP contribution in [0, 0.1) is 10.1 Å². The van der Waals surface area contributed by atoms with Crippen molar-refractivity contribution in [1.82, 2.24) is 18.9 Å². The molecule has 0 aliphatic heterocycles. The lowest BCUT2D eigenvalue weighted by molar-refractivity contribution is -0.393. The Morgan fingerprint density at radius 2 is 2.12 bits per heavy atom. The molecule has 3 heterocycles. The summed E-state index contributed by atoms with van der Waals surface area (Å²) in [6.07, 6.45) is 2.36. The average molecular weight is 387 g/mol. The number of thiazole rings is 1. The van der Waals surface area contributed by atoms with Gasteiger partial charge in [0.1, 0.15) is 6.20 Å². The van der Waals surface area contributed by atoms with E-state index in [9.17, 15) is 14.9 Å².